The summed E-state index contributed by atoms with van der Waals surface area (Å²) in [6.45, 7) is 5.58. The molecule has 102 valence electrons. The average molecular weight is 317 g/mol. The normalized spacial score (nSPS) is 11.6. The first kappa shape index (κ1) is 15.2. The van der Waals surface area contributed by atoms with E-state index in [2.05, 4.69) is 35.1 Å². The van der Waals surface area contributed by atoms with Gasteiger partial charge in [-0.15, -0.1) is 0 Å². The molecule has 0 aliphatic heterocycles. The van der Waals surface area contributed by atoms with E-state index in [1.807, 2.05) is 23.9 Å². The Labute approximate surface area is 117 Å². The summed E-state index contributed by atoms with van der Waals surface area (Å²) in [6, 6.07) is 1.82. The van der Waals surface area contributed by atoms with Crippen molar-refractivity contribution in [1.82, 2.24) is 9.88 Å². The fourth-order valence-electron chi connectivity index (χ4n) is 1.63. The molecule has 1 amide bonds. The van der Waals surface area contributed by atoms with Gasteiger partial charge in [0.15, 0.2) is 0 Å². The Hall–Kier alpha value is -0.810. The Kier molecular flexibility index (Phi) is 5.41. The Morgan fingerprint density at radius 1 is 1.56 bits per heavy atom. The van der Waals surface area contributed by atoms with Crippen molar-refractivity contribution in [3.05, 3.63) is 22.4 Å². The number of rotatable bonds is 6. The van der Waals surface area contributed by atoms with Gasteiger partial charge in [0.1, 0.15) is 5.69 Å². The number of ether oxygens (including phenoxy) is 1. The quantitative estimate of drug-likeness (QED) is 0.876. The van der Waals surface area contributed by atoms with Gasteiger partial charge in [0.05, 0.1) is 0 Å². The van der Waals surface area contributed by atoms with Gasteiger partial charge in [0, 0.05) is 38.0 Å². The fourth-order valence-corrected chi connectivity index (χ4v) is 2.15. The Balaban J connectivity index is 2.53. The molecule has 0 aliphatic carbocycles. The fraction of sp³-hybridized carbons (Fsp3) is 0.615. The zero-order chi connectivity index (χ0) is 13.8. The van der Waals surface area contributed by atoms with Crippen LogP contribution in [0.4, 0.5) is 0 Å². The first-order valence-corrected chi connectivity index (χ1v) is 6.74. The van der Waals surface area contributed by atoms with Crippen molar-refractivity contribution >= 4 is 21.8 Å². The monoisotopic (exact) mass is 316 g/mol. The second-order valence-corrected chi connectivity index (χ2v) is 6.16. The van der Waals surface area contributed by atoms with Crippen LogP contribution in [0, 0.1) is 5.41 Å². The van der Waals surface area contributed by atoms with Crippen LogP contribution in [0.2, 0.25) is 0 Å². The van der Waals surface area contributed by atoms with Crippen LogP contribution in [0.25, 0.3) is 0 Å². The van der Waals surface area contributed by atoms with Crippen molar-refractivity contribution in [2.24, 2.45) is 12.5 Å². The summed E-state index contributed by atoms with van der Waals surface area (Å²) in [5.74, 6) is -0.0475. The summed E-state index contributed by atoms with van der Waals surface area (Å²) >= 11 is 3.36. The van der Waals surface area contributed by atoms with Crippen molar-refractivity contribution in [2.75, 3.05) is 20.3 Å². The number of halogens is 1. The van der Waals surface area contributed by atoms with Crippen LogP contribution in [0.5, 0.6) is 0 Å². The predicted octanol–water partition coefficient (Wildman–Crippen LogP) is 2.58. The first-order chi connectivity index (χ1) is 8.35. The molecule has 1 N–H and O–H groups in total. The van der Waals surface area contributed by atoms with E-state index in [1.165, 1.54) is 0 Å². The molecule has 1 heterocycles. The van der Waals surface area contributed by atoms with Crippen molar-refractivity contribution in [1.29, 1.82) is 0 Å². The molecule has 0 spiro atoms. The Morgan fingerprint density at radius 2 is 2.22 bits per heavy atom. The van der Waals surface area contributed by atoms with Gasteiger partial charge in [0.2, 0.25) is 0 Å². The maximum atomic E-state index is 12.0. The minimum Gasteiger partial charge on any atom is -0.385 e. The molecule has 1 aromatic heterocycles. The highest BCUT2D eigenvalue weighted by molar-refractivity contribution is 9.10. The molecule has 0 fully saturated rings. The Morgan fingerprint density at radius 3 is 2.72 bits per heavy atom. The summed E-state index contributed by atoms with van der Waals surface area (Å²) < 4.78 is 7.79. The maximum absolute atomic E-state index is 12.0. The minimum atomic E-state index is -0.0475. The average Bonchev–Trinajstić information content (AvgIpc) is 2.63. The second kappa shape index (κ2) is 6.38. The number of aromatic nitrogens is 1. The molecular formula is C13H21BrN2O2. The molecule has 1 aromatic rings. The van der Waals surface area contributed by atoms with E-state index in [0.29, 0.717) is 18.8 Å². The van der Waals surface area contributed by atoms with E-state index in [0.717, 1.165) is 10.9 Å². The molecule has 0 saturated heterocycles. The molecule has 0 radical (unpaired) electrons. The highest BCUT2D eigenvalue weighted by Crippen LogP contribution is 2.19. The summed E-state index contributed by atoms with van der Waals surface area (Å²) in [6.07, 6.45) is 2.78. The van der Waals surface area contributed by atoms with E-state index in [1.54, 1.807) is 7.11 Å². The topological polar surface area (TPSA) is 43.3 Å². The van der Waals surface area contributed by atoms with Gasteiger partial charge >= 0.3 is 0 Å². The van der Waals surface area contributed by atoms with Crippen LogP contribution >= 0.6 is 15.9 Å². The first-order valence-electron chi connectivity index (χ1n) is 5.95. The van der Waals surface area contributed by atoms with Gasteiger partial charge in [0.25, 0.3) is 5.91 Å². The highest BCUT2D eigenvalue weighted by atomic mass is 79.9. The molecule has 0 aromatic carbocycles. The number of hydrogen-bond acceptors (Lipinski definition) is 2. The molecule has 0 bridgehead atoms. The molecular weight excluding hydrogens is 296 g/mol. The summed E-state index contributed by atoms with van der Waals surface area (Å²) in [5, 5.41) is 2.97. The smallest absolute Gasteiger partial charge is 0.267 e. The van der Waals surface area contributed by atoms with Gasteiger partial charge < -0.3 is 14.6 Å². The minimum absolute atomic E-state index is 0.0358. The summed E-state index contributed by atoms with van der Waals surface area (Å²) in [7, 11) is 3.55. The third-order valence-corrected chi connectivity index (χ3v) is 3.35. The molecule has 4 nitrogen and oxygen atoms in total. The van der Waals surface area contributed by atoms with Crippen molar-refractivity contribution in [2.45, 2.75) is 20.3 Å². The standard InChI is InChI=1S/C13H21BrN2O2/c1-13(2,5-6-18-4)9-15-12(17)11-7-10(14)8-16(11)3/h7-8H,5-6,9H2,1-4H3,(H,15,17). The number of methoxy groups -OCH3 is 1. The van der Waals surface area contributed by atoms with E-state index in [4.69, 9.17) is 4.74 Å². The number of amides is 1. The van der Waals surface area contributed by atoms with E-state index in [-0.39, 0.29) is 11.3 Å². The lowest BCUT2D eigenvalue weighted by atomic mass is 9.89. The molecule has 0 unspecified atom stereocenters. The van der Waals surface area contributed by atoms with Crippen LogP contribution in [-0.4, -0.2) is 30.7 Å². The molecule has 5 heteroatoms. The number of hydrogen-bond donors (Lipinski definition) is 1. The van der Waals surface area contributed by atoms with Crippen LogP contribution in [-0.2, 0) is 11.8 Å². The second-order valence-electron chi connectivity index (χ2n) is 5.24. The molecule has 0 aliphatic rings. The number of carbonyl (C=O) groups is 1. The van der Waals surface area contributed by atoms with Crippen LogP contribution in [0.1, 0.15) is 30.8 Å². The predicted molar refractivity (Wildman–Crippen MR) is 75.7 cm³/mol. The van der Waals surface area contributed by atoms with E-state index in [9.17, 15) is 4.79 Å². The third kappa shape index (κ3) is 4.46. The molecule has 18 heavy (non-hydrogen) atoms. The van der Waals surface area contributed by atoms with Crippen molar-refractivity contribution in [3.8, 4) is 0 Å². The van der Waals surface area contributed by atoms with Crippen LogP contribution in [0.3, 0.4) is 0 Å². The lowest BCUT2D eigenvalue weighted by Crippen LogP contribution is -2.35. The third-order valence-electron chi connectivity index (χ3n) is 2.91. The molecule has 0 atom stereocenters. The van der Waals surface area contributed by atoms with Gasteiger partial charge in [-0.3, -0.25) is 4.79 Å². The van der Waals surface area contributed by atoms with Crippen molar-refractivity contribution < 1.29 is 9.53 Å². The van der Waals surface area contributed by atoms with Crippen molar-refractivity contribution in [3.63, 3.8) is 0 Å². The van der Waals surface area contributed by atoms with Crippen LogP contribution < -0.4 is 5.32 Å². The van der Waals surface area contributed by atoms with Gasteiger partial charge in [-0.1, -0.05) is 13.8 Å². The number of nitrogens with zero attached hydrogens (tertiary/aromatic N) is 1. The maximum Gasteiger partial charge on any atom is 0.267 e. The SMILES string of the molecule is COCCC(C)(C)CNC(=O)c1cc(Br)cn1C. The van der Waals surface area contributed by atoms with Gasteiger partial charge in [-0.25, -0.2) is 0 Å². The number of carbonyl (C=O) groups excluding carboxylic acids is 1. The van der Waals surface area contributed by atoms with Gasteiger partial charge in [-0.2, -0.15) is 0 Å². The van der Waals surface area contributed by atoms with Gasteiger partial charge in [-0.05, 0) is 33.8 Å². The molecule has 0 saturated carbocycles. The number of nitrogens with one attached hydrogen (secondary N) is 1. The lowest BCUT2D eigenvalue weighted by Gasteiger charge is -2.24. The number of aryl methyl sites for hydroxylation is 1. The summed E-state index contributed by atoms with van der Waals surface area (Å²) in [5.41, 5.74) is 0.693. The summed E-state index contributed by atoms with van der Waals surface area (Å²) in [4.78, 5) is 12.0. The zero-order valence-electron chi connectivity index (χ0n) is 11.4. The largest absolute Gasteiger partial charge is 0.385 e. The highest BCUT2D eigenvalue weighted by Gasteiger charge is 2.20. The van der Waals surface area contributed by atoms with E-state index >= 15 is 0 Å². The zero-order valence-corrected chi connectivity index (χ0v) is 13.0. The Bertz CT molecular complexity index is 413. The van der Waals surface area contributed by atoms with E-state index < -0.39 is 0 Å². The molecule has 1 rings (SSSR count). The lowest BCUT2D eigenvalue weighted by molar-refractivity contribution is 0.0913. The van der Waals surface area contributed by atoms with Crippen LogP contribution in [0.15, 0.2) is 16.7 Å².